The molecule has 0 atom stereocenters. The van der Waals surface area contributed by atoms with Gasteiger partial charge in [0.15, 0.2) is 0 Å². The Balaban J connectivity index is 1.28. The van der Waals surface area contributed by atoms with Gasteiger partial charge in [0.2, 0.25) is 0 Å². The fourth-order valence-electron chi connectivity index (χ4n) is 7.82. The fraction of sp³-hybridized carbons (Fsp3) is 0.0426. The van der Waals surface area contributed by atoms with Crippen LogP contribution >= 0.6 is 0 Å². The number of aryl methyl sites for hydroxylation is 1. The molecular formula is C47H33N3. The molecule has 0 amide bonds. The summed E-state index contributed by atoms with van der Waals surface area (Å²) < 4.78 is 2.39. The van der Waals surface area contributed by atoms with Crippen molar-refractivity contribution in [2.75, 3.05) is 4.90 Å². The summed E-state index contributed by atoms with van der Waals surface area (Å²) in [5, 5.41) is 4.97. The first-order chi connectivity index (χ1) is 24.7. The number of nitrogens with zero attached hydrogens (tertiary/aromatic N) is 3. The van der Waals surface area contributed by atoms with Crippen LogP contribution < -0.4 is 4.90 Å². The van der Waals surface area contributed by atoms with Crippen molar-refractivity contribution in [2.45, 2.75) is 13.3 Å². The molecule has 236 valence electrons. The standard InChI is InChI=1S/C47H33N3/c1-2-45-48-42-25-24-41(46-47(42)50(45)44-19-11-10-18-43(44)49(46)40-16-4-3-5-17-40)39-29-37(35-22-20-31-12-6-8-14-33(31)26-35)28-38(30-39)36-23-21-32-13-7-9-15-34(32)27-36/h3-30H,2H2,1H3. The first kappa shape index (κ1) is 28.6. The van der Waals surface area contributed by atoms with Crippen LogP contribution in [0.4, 0.5) is 17.1 Å². The van der Waals surface area contributed by atoms with Crippen LogP contribution in [-0.4, -0.2) is 9.55 Å². The molecule has 2 heterocycles. The van der Waals surface area contributed by atoms with Crippen molar-refractivity contribution < 1.29 is 0 Å². The Kier molecular flexibility index (Phi) is 6.47. The lowest BCUT2D eigenvalue weighted by Crippen LogP contribution is -2.19. The van der Waals surface area contributed by atoms with E-state index in [1.54, 1.807) is 0 Å². The van der Waals surface area contributed by atoms with Crippen LogP contribution in [0.1, 0.15) is 12.7 Å². The molecule has 0 N–H and O–H groups in total. The molecule has 0 saturated carbocycles. The second-order valence-electron chi connectivity index (χ2n) is 13.1. The molecule has 0 bridgehead atoms. The molecule has 3 nitrogen and oxygen atoms in total. The first-order valence-corrected chi connectivity index (χ1v) is 17.4. The van der Waals surface area contributed by atoms with Crippen LogP contribution in [-0.2, 0) is 6.42 Å². The molecular weight excluding hydrogens is 607 g/mol. The highest BCUT2D eigenvalue weighted by Crippen LogP contribution is 2.51. The summed E-state index contributed by atoms with van der Waals surface area (Å²) in [4.78, 5) is 7.63. The van der Waals surface area contributed by atoms with E-state index in [0.29, 0.717) is 0 Å². The zero-order chi connectivity index (χ0) is 33.2. The van der Waals surface area contributed by atoms with Crippen molar-refractivity contribution in [2.24, 2.45) is 0 Å². The average molecular weight is 640 g/mol. The smallest absolute Gasteiger partial charge is 0.114 e. The fourth-order valence-corrected chi connectivity index (χ4v) is 7.82. The monoisotopic (exact) mass is 639 g/mol. The van der Waals surface area contributed by atoms with Crippen molar-refractivity contribution >= 4 is 49.6 Å². The van der Waals surface area contributed by atoms with E-state index >= 15 is 0 Å². The van der Waals surface area contributed by atoms with E-state index < -0.39 is 0 Å². The predicted molar refractivity (Wildman–Crippen MR) is 210 cm³/mol. The van der Waals surface area contributed by atoms with Crippen LogP contribution in [0.25, 0.3) is 71.6 Å². The van der Waals surface area contributed by atoms with Crippen molar-refractivity contribution in [3.05, 3.63) is 176 Å². The number of para-hydroxylation sites is 3. The zero-order valence-electron chi connectivity index (χ0n) is 27.7. The summed E-state index contributed by atoms with van der Waals surface area (Å²) in [5.41, 5.74) is 13.8. The average Bonchev–Trinajstić information content (AvgIpc) is 3.57. The number of aromatic nitrogens is 2. The number of rotatable bonds is 5. The number of fused-ring (bicyclic) bond motifs is 4. The molecule has 1 aliphatic heterocycles. The molecule has 9 aromatic rings. The molecule has 1 aromatic heterocycles. The van der Waals surface area contributed by atoms with Crippen molar-refractivity contribution in [3.8, 4) is 39.1 Å². The molecule has 50 heavy (non-hydrogen) atoms. The Bertz CT molecular complexity index is 2660. The maximum Gasteiger partial charge on any atom is 0.114 e. The van der Waals surface area contributed by atoms with Crippen molar-refractivity contribution in [3.63, 3.8) is 0 Å². The summed E-state index contributed by atoms with van der Waals surface area (Å²) in [6.07, 6.45) is 0.840. The second-order valence-corrected chi connectivity index (χ2v) is 13.1. The van der Waals surface area contributed by atoms with Gasteiger partial charge in [0.05, 0.1) is 28.1 Å². The summed E-state index contributed by atoms with van der Waals surface area (Å²) in [6, 6.07) is 61.9. The van der Waals surface area contributed by atoms with Gasteiger partial charge in [0.1, 0.15) is 5.82 Å². The molecule has 0 aliphatic carbocycles. The Morgan fingerprint density at radius 3 is 1.66 bits per heavy atom. The number of hydrogen-bond acceptors (Lipinski definition) is 2. The molecule has 3 heteroatoms. The first-order valence-electron chi connectivity index (χ1n) is 17.4. The molecule has 0 fully saturated rings. The van der Waals surface area contributed by atoms with Crippen LogP contribution in [0.3, 0.4) is 0 Å². The third-order valence-electron chi connectivity index (χ3n) is 10.2. The van der Waals surface area contributed by atoms with E-state index in [2.05, 4.69) is 186 Å². The van der Waals surface area contributed by atoms with Gasteiger partial charge in [-0.15, -0.1) is 0 Å². The lowest BCUT2D eigenvalue weighted by Gasteiger charge is -2.34. The quantitative estimate of drug-likeness (QED) is 0.187. The summed E-state index contributed by atoms with van der Waals surface area (Å²) in [7, 11) is 0. The third-order valence-corrected chi connectivity index (χ3v) is 10.2. The van der Waals surface area contributed by atoms with Gasteiger partial charge in [0, 0.05) is 17.7 Å². The van der Waals surface area contributed by atoms with Gasteiger partial charge in [-0.1, -0.05) is 110 Å². The number of anilines is 3. The highest BCUT2D eigenvalue weighted by molar-refractivity contribution is 6.08. The van der Waals surface area contributed by atoms with E-state index in [-0.39, 0.29) is 0 Å². The van der Waals surface area contributed by atoms with Gasteiger partial charge in [-0.05, 0) is 116 Å². The number of benzene rings is 8. The highest BCUT2D eigenvalue weighted by Gasteiger charge is 2.31. The second kappa shape index (κ2) is 11.3. The molecule has 0 radical (unpaired) electrons. The Morgan fingerprint density at radius 2 is 1.02 bits per heavy atom. The maximum absolute atomic E-state index is 5.19. The summed E-state index contributed by atoms with van der Waals surface area (Å²) >= 11 is 0. The third kappa shape index (κ3) is 4.48. The van der Waals surface area contributed by atoms with E-state index in [4.69, 9.17) is 4.98 Å². The van der Waals surface area contributed by atoms with Crippen LogP contribution in [0.5, 0.6) is 0 Å². The lowest BCUT2D eigenvalue weighted by molar-refractivity contribution is 0.900. The van der Waals surface area contributed by atoms with Crippen LogP contribution in [0, 0.1) is 0 Å². The highest BCUT2D eigenvalue weighted by atomic mass is 15.2. The minimum absolute atomic E-state index is 0.840. The maximum atomic E-state index is 5.19. The van der Waals surface area contributed by atoms with Gasteiger partial charge in [0.25, 0.3) is 0 Å². The minimum Gasteiger partial charge on any atom is -0.306 e. The van der Waals surface area contributed by atoms with Gasteiger partial charge >= 0.3 is 0 Å². The van der Waals surface area contributed by atoms with E-state index in [0.717, 1.165) is 46.0 Å². The predicted octanol–water partition coefficient (Wildman–Crippen LogP) is 12.7. The van der Waals surface area contributed by atoms with Crippen LogP contribution in [0.15, 0.2) is 170 Å². The molecule has 10 rings (SSSR count). The number of imidazole rings is 1. The normalized spacial score (nSPS) is 12.1. The van der Waals surface area contributed by atoms with Crippen molar-refractivity contribution in [1.82, 2.24) is 9.55 Å². The minimum atomic E-state index is 0.840. The van der Waals surface area contributed by atoms with E-state index in [1.807, 2.05) is 0 Å². The van der Waals surface area contributed by atoms with Gasteiger partial charge < -0.3 is 4.90 Å². The Labute approximate surface area is 291 Å². The SMILES string of the molecule is CCc1nc2ccc(-c3cc(-c4ccc5ccccc5c4)cc(-c4ccc5ccccc5c4)c3)c3c2n1-c1ccccc1N3c1ccccc1. The van der Waals surface area contributed by atoms with Crippen molar-refractivity contribution in [1.29, 1.82) is 0 Å². The van der Waals surface area contributed by atoms with E-state index in [1.165, 1.54) is 54.9 Å². The molecule has 1 aliphatic rings. The van der Waals surface area contributed by atoms with E-state index in [9.17, 15) is 0 Å². The molecule has 0 spiro atoms. The number of hydrogen-bond donors (Lipinski definition) is 0. The largest absolute Gasteiger partial charge is 0.306 e. The Hall–Kier alpha value is -6.45. The zero-order valence-corrected chi connectivity index (χ0v) is 27.7. The Morgan fingerprint density at radius 1 is 0.460 bits per heavy atom. The van der Waals surface area contributed by atoms with Gasteiger partial charge in [-0.2, -0.15) is 0 Å². The molecule has 0 saturated heterocycles. The topological polar surface area (TPSA) is 21.1 Å². The van der Waals surface area contributed by atoms with Gasteiger partial charge in [-0.25, -0.2) is 4.98 Å². The molecule has 0 unspecified atom stereocenters. The molecule has 8 aromatic carbocycles. The lowest BCUT2D eigenvalue weighted by atomic mass is 9.90. The van der Waals surface area contributed by atoms with Crippen LogP contribution in [0.2, 0.25) is 0 Å². The summed E-state index contributed by atoms with van der Waals surface area (Å²) in [6.45, 7) is 2.19. The summed E-state index contributed by atoms with van der Waals surface area (Å²) in [5.74, 6) is 1.07. The van der Waals surface area contributed by atoms with Gasteiger partial charge in [-0.3, -0.25) is 4.57 Å².